The first-order valence-corrected chi connectivity index (χ1v) is 10.4. The van der Waals surface area contributed by atoms with E-state index in [1.807, 2.05) is 19.1 Å². The summed E-state index contributed by atoms with van der Waals surface area (Å²) in [5, 5.41) is 24.9. The van der Waals surface area contributed by atoms with E-state index in [0.717, 1.165) is 24.4 Å². The summed E-state index contributed by atoms with van der Waals surface area (Å²) in [6, 6.07) is 5.49. The molecule has 1 aliphatic heterocycles. The molecule has 1 amide bonds. The number of benzene rings is 1. The van der Waals surface area contributed by atoms with E-state index < -0.39 is 36.5 Å². The first-order valence-electron chi connectivity index (χ1n) is 9.38. The van der Waals surface area contributed by atoms with Crippen LogP contribution >= 0.6 is 11.8 Å². The molecule has 2 rings (SSSR count). The fourth-order valence-corrected chi connectivity index (χ4v) is 4.15. The Bertz CT molecular complexity index is 700. The monoisotopic (exact) mass is 409 g/mol. The molecule has 1 unspecified atom stereocenters. The van der Waals surface area contributed by atoms with Gasteiger partial charge in [-0.2, -0.15) is 0 Å². The predicted molar refractivity (Wildman–Crippen MR) is 108 cm³/mol. The maximum absolute atomic E-state index is 13.0. The maximum atomic E-state index is 13.0. The third kappa shape index (κ3) is 6.22. The lowest BCUT2D eigenvalue weighted by Crippen LogP contribution is -2.53. The van der Waals surface area contributed by atoms with Gasteiger partial charge in [0.2, 0.25) is 5.91 Å². The minimum Gasteiger partial charge on any atom is -0.480 e. The molecule has 0 bridgehead atoms. The van der Waals surface area contributed by atoms with Crippen LogP contribution in [0.5, 0.6) is 0 Å². The van der Waals surface area contributed by atoms with E-state index in [1.165, 1.54) is 16.7 Å². The van der Waals surface area contributed by atoms with Crippen LogP contribution in [0.4, 0.5) is 5.69 Å². The number of rotatable bonds is 11. The Balaban J connectivity index is 2.10. The van der Waals surface area contributed by atoms with Gasteiger partial charge in [-0.1, -0.05) is 25.5 Å². The molecule has 0 saturated carbocycles. The second-order valence-corrected chi connectivity index (χ2v) is 7.62. The summed E-state index contributed by atoms with van der Waals surface area (Å²) in [6.07, 6.45) is 1.97. The molecule has 28 heavy (non-hydrogen) atoms. The SMILES string of the molecule is CCNCCCC[C@@H](NC1CSc2ccccc2N(CC(=O)O)C1=O)C(=O)O. The van der Waals surface area contributed by atoms with Gasteiger partial charge in [0.05, 0.1) is 11.7 Å². The minimum absolute atomic E-state index is 0.340. The number of aliphatic carboxylic acids is 2. The van der Waals surface area contributed by atoms with Gasteiger partial charge in [-0.3, -0.25) is 24.6 Å². The zero-order chi connectivity index (χ0) is 20.5. The topological polar surface area (TPSA) is 119 Å². The number of nitrogens with zero attached hydrogens (tertiary/aromatic N) is 1. The van der Waals surface area contributed by atoms with Crippen LogP contribution in [0.2, 0.25) is 0 Å². The quantitative estimate of drug-likeness (QED) is 0.405. The molecule has 0 spiro atoms. The van der Waals surface area contributed by atoms with Crippen molar-refractivity contribution in [3.8, 4) is 0 Å². The largest absolute Gasteiger partial charge is 0.480 e. The smallest absolute Gasteiger partial charge is 0.323 e. The molecule has 4 N–H and O–H groups in total. The summed E-state index contributed by atoms with van der Waals surface area (Å²) >= 11 is 1.42. The average molecular weight is 410 g/mol. The second-order valence-electron chi connectivity index (χ2n) is 6.56. The van der Waals surface area contributed by atoms with Crippen molar-refractivity contribution >= 4 is 35.3 Å². The molecular weight excluding hydrogens is 382 g/mol. The van der Waals surface area contributed by atoms with Gasteiger partial charge in [0.25, 0.3) is 0 Å². The normalized spacial score (nSPS) is 17.7. The van der Waals surface area contributed by atoms with E-state index >= 15 is 0 Å². The first kappa shape index (κ1) is 22.2. The molecule has 1 aromatic carbocycles. The van der Waals surface area contributed by atoms with Crippen LogP contribution in [0, 0.1) is 0 Å². The summed E-state index contributed by atoms with van der Waals surface area (Å²) in [5.74, 6) is -2.20. The molecule has 1 aliphatic rings. The average Bonchev–Trinajstić information content (AvgIpc) is 2.78. The van der Waals surface area contributed by atoms with E-state index in [4.69, 9.17) is 0 Å². The predicted octanol–water partition coefficient (Wildman–Crippen LogP) is 1.40. The number of amides is 1. The Morgan fingerprint density at radius 2 is 2.04 bits per heavy atom. The number of unbranched alkanes of at least 4 members (excludes halogenated alkanes) is 1. The van der Waals surface area contributed by atoms with Crippen molar-refractivity contribution in [2.75, 3.05) is 30.3 Å². The van der Waals surface area contributed by atoms with Crippen molar-refractivity contribution in [3.05, 3.63) is 24.3 Å². The highest BCUT2D eigenvalue weighted by atomic mass is 32.2. The molecule has 2 atom stereocenters. The van der Waals surface area contributed by atoms with Gasteiger partial charge in [0, 0.05) is 10.6 Å². The fourth-order valence-electron chi connectivity index (χ4n) is 3.07. The number of fused-ring (bicyclic) bond motifs is 1. The van der Waals surface area contributed by atoms with Gasteiger partial charge < -0.3 is 15.5 Å². The minimum atomic E-state index is -1.12. The highest BCUT2D eigenvalue weighted by Crippen LogP contribution is 2.34. The van der Waals surface area contributed by atoms with E-state index in [9.17, 15) is 24.6 Å². The zero-order valence-electron chi connectivity index (χ0n) is 15.9. The highest BCUT2D eigenvalue weighted by molar-refractivity contribution is 7.99. The van der Waals surface area contributed by atoms with Crippen LogP contribution in [0.3, 0.4) is 0 Å². The molecule has 0 saturated heterocycles. The number of carboxylic acids is 2. The lowest BCUT2D eigenvalue weighted by atomic mass is 10.1. The molecular formula is C19H27N3O5S. The molecule has 9 heteroatoms. The van der Waals surface area contributed by atoms with Crippen molar-refractivity contribution < 1.29 is 24.6 Å². The lowest BCUT2D eigenvalue weighted by molar-refractivity contribution is -0.140. The van der Waals surface area contributed by atoms with E-state index in [2.05, 4.69) is 10.6 Å². The molecule has 0 aromatic heterocycles. The van der Waals surface area contributed by atoms with Crippen molar-refractivity contribution in [1.82, 2.24) is 10.6 Å². The van der Waals surface area contributed by atoms with Crippen LogP contribution in [-0.4, -0.2) is 65.5 Å². The van der Waals surface area contributed by atoms with Crippen LogP contribution in [0.1, 0.15) is 26.2 Å². The van der Waals surface area contributed by atoms with Gasteiger partial charge >= 0.3 is 11.9 Å². The Morgan fingerprint density at radius 3 is 2.71 bits per heavy atom. The van der Waals surface area contributed by atoms with Gasteiger partial charge in [-0.25, -0.2) is 0 Å². The van der Waals surface area contributed by atoms with Crippen LogP contribution in [-0.2, 0) is 14.4 Å². The van der Waals surface area contributed by atoms with E-state index in [-0.39, 0.29) is 0 Å². The summed E-state index contributed by atoms with van der Waals surface area (Å²) in [7, 11) is 0. The number of hydrogen-bond acceptors (Lipinski definition) is 6. The number of thioether (sulfide) groups is 1. The number of hydrogen-bond donors (Lipinski definition) is 4. The van der Waals surface area contributed by atoms with Crippen LogP contribution < -0.4 is 15.5 Å². The summed E-state index contributed by atoms with van der Waals surface area (Å²) in [4.78, 5) is 38.0. The summed E-state index contributed by atoms with van der Waals surface area (Å²) in [5.41, 5.74) is 0.543. The highest BCUT2D eigenvalue weighted by Gasteiger charge is 2.34. The molecule has 1 heterocycles. The van der Waals surface area contributed by atoms with Gasteiger partial charge in [-0.05, 0) is 38.1 Å². The van der Waals surface area contributed by atoms with E-state index in [1.54, 1.807) is 12.1 Å². The van der Waals surface area contributed by atoms with Crippen LogP contribution in [0.15, 0.2) is 29.2 Å². The van der Waals surface area contributed by atoms with Crippen molar-refractivity contribution in [3.63, 3.8) is 0 Å². The Hall–Kier alpha value is -2.10. The van der Waals surface area contributed by atoms with Crippen molar-refractivity contribution in [2.24, 2.45) is 0 Å². The van der Waals surface area contributed by atoms with Gasteiger partial charge in [0.15, 0.2) is 0 Å². The molecule has 1 aromatic rings. The van der Waals surface area contributed by atoms with Crippen molar-refractivity contribution in [2.45, 2.75) is 43.2 Å². The van der Waals surface area contributed by atoms with Gasteiger partial charge in [0.1, 0.15) is 12.6 Å². The Morgan fingerprint density at radius 1 is 1.29 bits per heavy atom. The van der Waals surface area contributed by atoms with Gasteiger partial charge in [-0.15, -0.1) is 11.8 Å². The number of carboxylic acid groups (broad SMARTS) is 2. The third-order valence-electron chi connectivity index (χ3n) is 4.47. The maximum Gasteiger partial charge on any atom is 0.323 e. The number of nitrogens with one attached hydrogen (secondary N) is 2. The number of anilines is 1. The van der Waals surface area contributed by atoms with E-state index in [0.29, 0.717) is 24.3 Å². The Labute approximate surface area is 168 Å². The Kier molecular flexibility index (Phi) is 8.75. The summed E-state index contributed by atoms with van der Waals surface area (Å²) < 4.78 is 0. The number of carbonyl (C=O) groups is 3. The molecule has 0 radical (unpaired) electrons. The summed E-state index contributed by atoms with van der Waals surface area (Å²) in [6.45, 7) is 3.24. The third-order valence-corrected chi connectivity index (χ3v) is 5.62. The molecule has 0 aliphatic carbocycles. The fraction of sp³-hybridized carbons (Fsp3) is 0.526. The van der Waals surface area contributed by atoms with Crippen LogP contribution in [0.25, 0.3) is 0 Å². The number of carbonyl (C=O) groups excluding carboxylic acids is 1. The molecule has 8 nitrogen and oxygen atoms in total. The first-order chi connectivity index (χ1) is 13.4. The molecule has 154 valence electrons. The molecule has 0 fully saturated rings. The number of para-hydroxylation sites is 1. The second kappa shape index (κ2) is 11.0. The zero-order valence-corrected chi connectivity index (χ0v) is 16.7. The standard InChI is InChI=1S/C19H27N3O5S/c1-2-20-10-6-5-7-13(19(26)27)21-14-12-28-16-9-4-3-8-15(16)22(18(14)25)11-17(23)24/h3-4,8-9,13-14,20-21H,2,5-7,10-12H2,1H3,(H,23,24)(H,26,27)/t13-,14?/m1/s1. The van der Waals surface area contributed by atoms with Crippen molar-refractivity contribution in [1.29, 1.82) is 0 Å². The lowest BCUT2D eigenvalue weighted by Gasteiger charge is -2.26.